The van der Waals surface area contributed by atoms with Crippen LogP contribution in [-0.4, -0.2) is 73.0 Å². The summed E-state index contributed by atoms with van der Waals surface area (Å²) in [5, 5.41) is 10.00. The Morgan fingerprint density at radius 1 is 0.960 bits per heavy atom. The second kappa shape index (κ2) is 6.38. The maximum absolute atomic E-state index is 10.00. The van der Waals surface area contributed by atoms with Gasteiger partial charge in [0.1, 0.15) is 30.5 Å². The SMILES string of the molecule is CC1(C)O[C@H]2[C@@H](O1)[C@@H](CO[C@H]1OCCC[C@H]1O)O[C@@H]1OC(C)(C)O[C@@H]12. The first-order valence-corrected chi connectivity index (χ1v) is 9.02. The average molecular weight is 360 g/mol. The van der Waals surface area contributed by atoms with Crippen LogP contribution in [0.2, 0.25) is 0 Å². The van der Waals surface area contributed by atoms with E-state index in [4.69, 9.17) is 33.2 Å². The smallest absolute Gasteiger partial charge is 0.190 e. The van der Waals surface area contributed by atoms with Gasteiger partial charge in [-0.15, -0.1) is 0 Å². The van der Waals surface area contributed by atoms with Crippen molar-refractivity contribution in [2.24, 2.45) is 0 Å². The van der Waals surface area contributed by atoms with Gasteiger partial charge in [-0.1, -0.05) is 0 Å². The minimum absolute atomic E-state index is 0.218. The third kappa shape index (κ3) is 3.59. The van der Waals surface area contributed by atoms with E-state index in [1.54, 1.807) is 0 Å². The van der Waals surface area contributed by atoms with Crippen LogP contribution in [0.15, 0.2) is 0 Å². The van der Waals surface area contributed by atoms with Gasteiger partial charge in [-0.3, -0.25) is 0 Å². The maximum atomic E-state index is 10.00. The Hall–Kier alpha value is -0.320. The minimum atomic E-state index is -0.742. The Morgan fingerprint density at radius 3 is 2.40 bits per heavy atom. The van der Waals surface area contributed by atoms with E-state index < -0.39 is 36.4 Å². The van der Waals surface area contributed by atoms with Crippen LogP contribution in [0.4, 0.5) is 0 Å². The van der Waals surface area contributed by atoms with Crippen molar-refractivity contribution in [3.8, 4) is 0 Å². The number of ether oxygens (including phenoxy) is 7. The van der Waals surface area contributed by atoms with E-state index >= 15 is 0 Å². The molecule has 8 nitrogen and oxygen atoms in total. The molecule has 0 bridgehead atoms. The van der Waals surface area contributed by atoms with Crippen LogP contribution in [0.5, 0.6) is 0 Å². The van der Waals surface area contributed by atoms with Crippen molar-refractivity contribution in [2.45, 2.75) is 95.2 Å². The first-order chi connectivity index (χ1) is 11.7. The molecule has 0 aromatic rings. The van der Waals surface area contributed by atoms with Crippen LogP contribution in [-0.2, 0) is 33.2 Å². The van der Waals surface area contributed by atoms with Crippen molar-refractivity contribution in [3.63, 3.8) is 0 Å². The number of hydrogen-bond donors (Lipinski definition) is 1. The lowest BCUT2D eigenvalue weighted by Gasteiger charge is -2.38. The summed E-state index contributed by atoms with van der Waals surface area (Å²) in [5.41, 5.74) is 0. The zero-order chi connectivity index (χ0) is 17.8. The van der Waals surface area contributed by atoms with Gasteiger partial charge in [0.2, 0.25) is 0 Å². The summed E-state index contributed by atoms with van der Waals surface area (Å²) in [6.45, 7) is 8.24. The standard InChI is InChI=1S/C17H28O8/c1-16(2)22-11-10(8-20-14-9(18)6-5-7-19-14)21-15-13(12(11)23-16)24-17(3,4)25-15/h9-15,18H,5-8H2,1-4H3/t9-,10-,11+,12+,13-,14-,15-/m1/s1. The van der Waals surface area contributed by atoms with Crippen LogP contribution in [0.25, 0.3) is 0 Å². The van der Waals surface area contributed by atoms with Gasteiger partial charge >= 0.3 is 0 Å². The maximum Gasteiger partial charge on any atom is 0.190 e. The molecule has 4 saturated heterocycles. The zero-order valence-corrected chi connectivity index (χ0v) is 15.2. The van der Waals surface area contributed by atoms with Crippen LogP contribution < -0.4 is 0 Å². The highest BCUT2D eigenvalue weighted by Gasteiger charge is 2.60. The molecule has 0 saturated carbocycles. The van der Waals surface area contributed by atoms with Crippen molar-refractivity contribution in [2.75, 3.05) is 13.2 Å². The first kappa shape index (κ1) is 18.1. The van der Waals surface area contributed by atoms with Gasteiger partial charge in [-0.2, -0.15) is 0 Å². The average Bonchev–Trinajstić information content (AvgIpc) is 3.00. The second-order valence-electron chi connectivity index (χ2n) is 7.99. The largest absolute Gasteiger partial charge is 0.388 e. The Balaban J connectivity index is 1.46. The number of hydrogen-bond acceptors (Lipinski definition) is 8. The van der Waals surface area contributed by atoms with E-state index in [0.29, 0.717) is 13.0 Å². The normalized spacial score (nSPS) is 48.1. The molecule has 0 amide bonds. The summed E-state index contributed by atoms with van der Waals surface area (Å²) in [4.78, 5) is 0. The Labute approximate surface area is 147 Å². The molecule has 0 unspecified atom stereocenters. The van der Waals surface area contributed by atoms with E-state index in [2.05, 4.69) is 0 Å². The molecule has 7 atom stereocenters. The molecule has 0 aliphatic carbocycles. The molecule has 0 spiro atoms. The Kier molecular flexibility index (Phi) is 4.61. The fraction of sp³-hybridized carbons (Fsp3) is 1.00. The van der Waals surface area contributed by atoms with Crippen molar-refractivity contribution in [1.82, 2.24) is 0 Å². The van der Waals surface area contributed by atoms with E-state index in [1.165, 1.54) is 0 Å². The van der Waals surface area contributed by atoms with E-state index in [-0.39, 0.29) is 24.9 Å². The lowest BCUT2D eigenvalue weighted by molar-refractivity contribution is -0.270. The van der Waals surface area contributed by atoms with Crippen molar-refractivity contribution >= 4 is 0 Å². The number of aliphatic hydroxyl groups excluding tert-OH is 1. The Morgan fingerprint density at radius 2 is 1.64 bits per heavy atom. The summed E-state index contributed by atoms with van der Waals surface area (Å²) in [5.74, 6) is -1.48. The molecule has 4 aliphatic heterocycles. The molecule has 4 fully saturated rings. The summed E-state index contributed by atoms with van der Waals surface area (Å²) < 4.78 is 41.3. The van der Waals surface area contributed by atoms with Gasteiger partial charge in [-0.05, 0) is 40.5 Å². The number of aliphatic hydroxyl groups is 1. The zero-order valence-electron chi connectivity index (χ0n) is 15.2. The van der Waals surface area contributed by atoms with Crippen LogP contribution in [0, 0.1) is 0 Å². The van der Waals surface area contributed by atoms with Crippen LogP contribution in [0.1, 0.15) is 40.5 Å². The van der Waals surface area contributed by atoms with Gasteiger partial charge in [0, 0.05) is 6.61 Å². The molecule has 4 rings (SSSR count). The molecule has 0 aromatic heterocycles. The van der Waals surface area contributed by atoms with Crippen molar-refractivity contribution < 1.29 is 38.3 Å². The predicted molar refractivity (Wildman–Crippen MR) is 83.5 cm³/mol. The second-order valence-corrected chi connectivity index (χ2v) is 7.99. The number of fused-ring (bicyclic) bond motifs is 3. The van der Waals surface area contributed by atoms with E-state index in [0.717, 1.165) is 6.42 Å². The van der Waals surface area contributed by atoms with E-state index in [9.17, 15) is 5.11 Å². The quantitative estimate of drug-likeness (QED) is 0.795. The topological polar surface area (TPSA) is 84.8 Å². The summed E-state index contributed by atoms with van der Waals surface area (Å²) in [7, 11) is 0. The summed E-state index contributed by atoms with van der Waals surface area (Å²) >= 11 is 0. The highest BCUT2D eigenvalue weighted by molar-refractivity contribution is 5.00. The molecule has 144 valence electrons. The molecule has 0 aromatic carbocycles. The van der Waals surface area contributed by atoms with Gasteiger partial charge in [0.25, 0.3) is 0 Å². The van der Waals surface area contributed by atoms with Gasteiger partial charge < -0.3 is 38.3 Å². The van der Waals surface area contributed by atoms with Gasteiger partial charge in [-0.25, -0.2) is 0 Å². The molecule has 4 aliphatic rings. The molecule has 4 heterocycles. The lowest BCUT2D eigenvalue weighted by atomic mass is 9.99. The van der Waals surface area contributed by atoms with Crippen molar-refractivity contribution in [3.05, 3.63) is 0 Å². The van der Waals surface area contributed by atoms with Crippen molar-refractivity contribution in [1.29, 1.82) is 0 Å². The first-order valence-electron chi connectivity index (χ1n) is 9.02. The fourth-order valence-corrected chi connectivity index (χ4v) is 3.92. The minimum Gasteiger partial charge on any atom is -0.388 e. The summed E-state index contributed by atoms with van der Waals surface area (Å²) in [6.07, 6.45) is -1.69. The molecule has 8 heteroatoms. The monoisotopic (exact) mass is 360 g/mol. The Bertz CT molecular complexity index is 495. The van der Waals surface area contributed by atoms with Gasteiger partial charge in [0.05, 0.1) is 6.61 Å². The highest BCUT2D eigenvalue weighted by atomic mass is 16.9. The number of rotatable bonds is 3. The fourth-order valence-electron chi connectivity index (χ4n) is 3.92. The summed E-state index contributed by atoms with van der Waals surface area (Å²) in [6, 6.07) is 0. The third-order valence-corrected chi connectivity index (χ3v) is 4.92. The molecule has 0 radical (unpaired) electrons. The van der Waals surface area contributed by atoms with Gasteiger partial charge in [0.15, 0.2) is 24.2 Å². The predicted octanol–water partition coefficient (Wildman–Crippen LogP) is 0.897. The van der Waals surface area contributed by atoms with E-state index in [1.807, 2.05) is 27.7 Å². The van der Waals surface area contributed by atoms with Crippen LogP contribution >= 0.6 is 0 Å². The molecular formula is C17H28O8. The molecular weight excluding hydrogens is 332 g/mol. The third-order valence-electron chi connectivity index (χ3n) is 4.92. The lowest BCUT2D eigenvalue weighted by Crippen LogP contribution is -2.56. The van der Waals surface area contributed by atoms with Crippen LogP contribution in [0.3, 0.4) is 0 Å². The molecule has 1 N–H and O–H groups in total. The highest BCUT2D eigenvalue weighted by Crippen LogP contribution is 2.44. The molecule has 25 heavy (non-hydrogen) atoms.